The molecule has 1 saturated heterocycles. The maximum atomic E-state index is 12.7. The summed E-state index contributed by atoms with van der Waals surface area (Å²) >= 11 is 0. The second kappa shape index (κ2) is 9.94. The Morgan fingerprint density at radius 1 is 1.26 bits per heavy atom. The number of nitrogens with one attached hydrogen (secondary N) is 2. The summed E-state index contributed by atoms with van der Waals surface area (Å²) in [6.07, 6.45) is 0.917. The van der Waals surface area contributed by atoms with Crippen LogP contribution in [-0.2, 0) is 4.74 Å². The number of aromatic nitrogens is 2. The van der Waals surface area contributed by atoms with Crippen LogP contribution in [0.3, 0.4) is 0 Å². The Hall–Kier alpha value is -2.90. The molecule has 0 spiro atoms. The zero-order valence-corrected chi connectivity index (χ0v) is 18.2. The number of imidazole rings is 1. The van der Waals surface area contributed by atoms with E-state index in [0.717, 1.165) is 67.3 Å². The van der Waals surface area contributed by atoms with Crippen LogP contribution in [0.1, 0.15) is 29.3 Å². The quantitative estimate of drug-likeness (QED) is 0.544. The van der Waals surface area contributed by atoms with Gasteiger partial charge in [0, 0.05) is 25.2 Å². The minimum absolute atomic E-state index is 0.0880. The molecule has 0 unspecified atom stereocenters. The van der Waals surface area contributed by atoms with Crippen LogP contribution in [0.15, 0.2) is 36.4 Å². The van der Waals surface area contributed by atoms with Gasteiger partial charge in [-0.25, -0.2) is 4.98 Å². The topological polar surface area (TPSA) is 79.5 Å². The molecular weight excluding hydrogens is 392 g/mol. The Kier molecular flexibility index (Phi) is 6.84. The van der Waals surface area contributed by atoms with Crippen LogP contribution in [0.2, 0.25) is 0 Å². The first kappa shape index (κ1) is 21.3. The molecule has 1 aliphatic heterocycles. The number of para-hydroxylation sites is 1. The first-order chi connectivity index (χ1) is 15.2. The average Bonchev–Trinajstić information content (AvgIpc) is 3.23. The van der Waals surface area contributed by atoms with Crippen LogP contribution in [0, 0.1) is 6.92 Å². The average molecular weight is 423 g/mol. The van der Waals surface area contributed by atoms with Crippen LogP contribution in [0.25, 0.3) is 22.4 Å². The van der Waals surface area contributed by atoms with Crippen molar-refractivity contribution >= 4 is 16.9 Å². The number of aromatic amines is 1. The number of ether oxygens (including phenoxy) is 2. The van der Waals surface area contributed by atoms with Gasteiger partial charge in [0.25, 0.3) is 5.91 Å². The molecule has 2 heterocycles. The second-order valence-corrected chi connectivity index (χ2v) is 7.76. The fraction of sp³-hybridized carbons (Fsp3) is 0.417. The van der Waals surface area contributed by atoms with Gasteiger partial charge in [-0.1, -0.05) is 12.1 Å². The van der Waals surface area contributed by atoms with Gasteiger partial charge in [0.05, 0.1) is 36.4 Å². The number of nitrogens with zero attached hydrogens (tertiary/aromatic N) is 2. The predicted molar refractivity (Wildman–Crippen MR) is 122 cm³/mol. The highest BCUT2D eigenvalue weighted by atomic mass is 16.5. The third kappa shape index (κ3) is 5.06. The highest BCUT2D eigenvalue weighted by Gasteiger charge is 2.16. The number of fused-ring (bicyclic) bond motifs is 1. The molecule has 2 aromatic carbocycles. The maximum absolute atomic E-state index is 12.7. The van der Waals surface area contributed by atoms with E-state index in [2.05, 4.69) is 15.2 Å². The number of amides is 1. The number of carbonyl (C=O) groups is 1. The minimum atomic E-state index is -0.0880. The molecule has 164 valence electrons. The molecule has 31 heavy (non-hydrogen) atoms. The Labute approximate surface area is 182 Å². The van der Waals surface area contributed by atoms with Crippen molar-refractivity contribution in [3.63, 3.8) is 0 Å². The second-order valence-electron chi connectivity index (χ2n) is 7.76. The van der Waals surface area contributed by atoms with Crippen molar-refractivity contribution in [1.82, 2.24) is 20.2 Å². The first-order valence-corrected chi connectivity index (χ1v) is 11.0. The summed E-state index contributed by atoms with van der Waals surface area (Å²) in [7, 11) is 0. The van der Waals surface area contributed by atoms with E-state index in [1.165, 1.54) is 0 Å². The van der Waals surface area contributed by atoms with Crippen molar-refractivity contribution in [3.05, 3.63) is 47.5 Å². The molecule has 0 radical (unpaired) electrons. The van der Waals surface area contributed by atoms with Crippen molar-refractivity contribution in [1.29, 1.82) is 0 Å². The predicted octanol–water partition coefficient (Wildman–Crippen LogP) is 3.39. The molecule has 4 rings (SSSR count). The summed E-state index contributed by atoms with van der Waals surface area (Å²) < 4.78 is 11.2. The van der Waals surface area contributed by atoms with Crippen molar-refractivity contribution in [2.45, 2.75) is 20.3 Å². The van der Waals surface area contributed by atoms with Gasteiger partial charge in [0.15, 0.2) is 0 Å². The number of carbonyl (C=O) groups excluding carboxylic acids is 1. The fourth-order valence-corrected chi connectivity index (χ4v) is 3.87. The van der Waals surface area contributed by atoms with Crippen LogP contribution < -0.4 is 10.1 Å². The Morgan fingerprint density at radius 2 is 2.10 bits per heavy atom. The normalized spacial score (nSPS) is 14.6. The number of hydrogen-bond donors (Lipinski definition) is 2. The summed E-state index contributed by atoms with van der Waals surface area (Å²) in [5.74, 6) is 1.31. The van der Waals surface area contributed by atoms with Crippen LogP contribution >= 0.6 is 0 Å². The highest BCUT2D eigenvalue weighted by molar-refractivity contribution is 5.95. The Morgan fingerprint density at radius 3 is 2.87 bits per heavy atom. The molecule has 7 heteroatoms. The van der Waals surface area contributed by atoms with E-state index in [9.17, 15) is 4.79 Å². The van der Waals surface area contributed by atoms with Gasteiger partial charge in [-0.2, -0.15) is 0 Å². The largest absolute Gasteiger partial charge is 0.493 e. The summed E-state index contributed by atoms with van der Waals surface area (Å²) in [5.41, 5.74) is 4.49. The maximum Gasteiger partial charge on any atom is 0.251 e. The zero-order valence-electron chi connectivity index (χ0n) is 18.2. The van der Waals surface area contributed by atoms with E-state index >= 15 is 0 Å². The third-order valence-corrected chi connectivity index (χ3v) is 5.55. The molecular formula is C24H30N4O3. The fourth-order valence-electron chi connectivity index (χ4n) is 3.87. The molecule has 3 aromatic rings. The van der Waals surface area contributed by atoms with Gasteiger partial charge >= 0.3 is 0 Å². The summed E-state index contributed by atoms with van der Waals surface area (Å²) in [6.45, 7) is 9.63. The lowest BCUT2D eigenvalue weighted by Gasteiger charge is -2.26. The lowest BCUT2D eigenvalue weighted by molar-refractivity contribution is 0.0374. The number of H-pyrrole nitrogens is 1. The number of rotatable bonds is 8. The molecule has 1 amide bonds. The van der Waals surface area contributed by atoms with Gasteiger partial charge in [0.2, 0.25) is 0 Å². The standard InChI is InChI=1S/C24H30N4O3/c1-3-31-21-16-18(24(29)25-10-5-11-28-12-14-30-15-13-28)8-9-19(21)23-26-20-7-4-6-17(2)22(20)27-23/h4,6-9,16H,3,5,10-15H2,1-2H3,(H,25,29)(H,26,27). The molecule has 0 atom stereocenters. The van der Waals surface area contributed by atoms with Gasteiger partial charge in [-0.15, -0.1) is 0 Å². The van der Waals surface area contributed by atoms with E-state index in [1.807, 2.05) is 44.2 Å². The molecule has 0 bridgehead atoms. The first-order valence-electron chi connectivity index (χ1n) is 11.0. The lowest BCUT2D eigenvalue weighted by atomic mass is 10.1. The summed E-state index contributed by atoms with van der Waals surface area (Å²) in [6, 6.07) is 11.6. The van der Waals surface area contributed by atoms with E-state index in [4.69, 9.17) is 14.5 Å². The molecule has 0 aliphatic carbocycles. The van der Waals surface area contributed by atoms with Gasteiger partial charge < -0.3 is 19.8 Å². The highest BCUT2D eigenvalue weighted by Crippen LogP contribution is 2.31. The number of benzene rings is 2. The lowest BCUT2D eigenvalue weighted by Crippen LogP contribution is -2.38. The Balaban J connectivity index is 1.44. The molecule has 0 saturated carbocycles. The van der Waals surface area contributed by atoms with Gasteiger partial charge in [-0.3, -0.25) is 9.69 Å². The molecule has 2 N–H and O–H groups in total. The smallest absolute Gasteiger partial charge is 0.251 e. The molecule has 1 aromatic heterocycles. The van der Waals surface area contributed by atoms with Gasteiger partial charge in [-0.05, 0) is 56.6 Å². The van der Waals surface area contributed by atoms with E-state index in [0.29, 0.717) is 24.5 Å². The molecule has 1 fully saturated rings. The van der Waals surface area contributed by atoms with E-state index in [-0.39, 0.29) is 5.91 Å². The van der Waals surface area contributed by atoms with Crippen molar-refractivity contribution in [2.24, 2.45) is 0 Å². The molecule has 7 nitrogen and oxygen atoms in total. The minimum Gasteiger partial charge on any atom is -0.493 e. The monoisotopic (exact) mass is 422 g/mol. The van der Waals surface area contributed by atoms with Crippen molar-refractivity contribution in [2.75, 3.05) is 46.0 Å². The van der Waals surface area contributed by atoms with Gasteiger partial charge in [0.1, 0.15) is 11.6 Å². The summed E-state index contributed by atoms with van der Waals surface area (Å²) in [4.78, 5) is 23.2. The van der Waals surface area contributed by atoms with Crippen molar-refractivity contribution < 1.29 is 14.3 Å². The van der Waals surface area contributed by atoms with Crippen molar-refractivity contribution in [3.8, 4) is 17.1 Å². The SMILES string of the molecule is CCOc1cc(C(=O)NCCCN2CCOCC2)ccc1-c1nc2c(C)cccc2[nH]1. The molecule has 1 aliphatic rings. The van der Waals surface area contributed by atoms with Crippen LogP contribution in [-0.4, -0.2) is 66.8 Å². The summed E-state index contributed by atoms with van der Waals surface area (Å²) in [5, 5.41) is 3.02. The van der Waals surface area contributed by atoms with Crippen LogP contribution in [0.5, 0.6) is 5.75 Å². The van der Waals surface area contributed by atoms with Crippen LogP contribution in [0.4, 0.5) is 0 Å². The third-order valence-electron chi connectivity index (χ3n) is 5.55. The van der Waals surface area contributed by atoms with E-state index in [1.54, 1.807) is 6.07 Å². The number of morpholine rings is 1. The number of aryl methyl sites for hydroxylation is 1. The van der Waals surface area contributed by atoms with E-state index < -0.39 is 0 Å². The zero-order chi connectivity index (χ0) is 21.6. The Bertz CT molecular complexity index is 1040. The number of hydrogen-bond acceptors (Lipinski definition) is 5.